The molecule has 0 saturated carbocycles. The molecule has 1 atom stereocenters. The summed E-state index contributed by atoms with van der Waals surface area (Å²) >= 11 is 1.30. The molecule has 1 unspecified atom stereocenters. The summed E-state index contributed by atoms with van der Waals surface area (Å²) in [6.07, 6.45) is 0. The average molecular weight is 305 g/mol. The number of amides is 1. The van der Waals surface area contributed by atoms with Crippen molar-refractivity contribution in [1.29, 1.82) is 5.26 Å². The van der Waals surface area contributed by atoms with Crippen LogP contribution in [0.4, 0.5) is 14.5 Å². The Hall–Kier alpha value is -2.30. The molecule has 0 saturated heterocycles. The van der Waals surface area contributed by atoms with Gasteiger partial charge in [-0.15, -0.1) is 11.3 Å². The van der Waals surface area contributed by atoms with E-state index in [1.165, 1.54) is 16.2 Å². The average Bonchev–Trinajstić information content (AvgIpc) is 2.98. The standard InChI is InChI=1S/C14H9F2N3OS/c15-8-2-10(16)12-11(3-8)19(14(20)13(12)18)5-9-1-7(4-17)6-21-9/h1-3,6,13H,5,18H2. The van der Waals surface area contributed by atoms with Gasteiger partial charge in [-0.1, -0.05) is 0 Å². The molecule has 106 valence electrons. The Morgan fingerprint density at radius 1 is 1.38 bits per heavy atom. The van der Waals surface area contributed by atoms with E-state index in [-0.39, 0.29) is 17.8 Å². The molecule has 21 heavy (non-hydrogen) atoms. The van der Waals surface area contributed by atoms with Gasteiger partial charge in [0.05, 0.1) is 17.8 Å². The van der Waals surface area contributed by atoms with Gasteiger partial charge >= 0.3 is 0 Å². The molecule has 1 aliphatic heterocycles. The first-order valence-electron chi connectivity index (χ1n) is 6.04. The molecule has 1 aliphatic rings. The Bertz CT molecular complexity index is 781. The van der Waals surface area contributed by atoms with Crippen LogP contribution in [0.3, 0.4) is 0 Å². The van der Waals surface area contributed by atoms with Crippen LogP contribution in [0.1, 0.15) is 22.0 Å². The number of rotatable bonds is 2. The summed E-state index contributed by atoms with van der Waals surface area (Å²) in [6, 6.07) is 4.32. The molecule has 7 heteroatoms. The van der Waals surface area contributed by atoms with Crippen LogP contribution in [0.25, 0.3) is 0 Å². The minimum atomic E-state index is -1.13. The molecule has 0 fully saturated rings. The van der Waals surface area contributed by atoms with Crippen molar-refractivity contribution in [2.45, 2.75) is 12.6 Å². The van der Waals surface area contributed by atoms with E-state index in [1.54, 1.807) is 11.4 Å². The molecule has 0 spiro atoms. The monoisotopic (exact) mass is 305 g/mol. The Labute approximate surface area is 123 Å². The zero-order valence-electron chi connectivity index (χ0n) is 10.6. The third-order valence-electron chi connectivity index (χ3n) is 3.30. The van der Waals surface area contributed by atoms with Crippen molar-refractivity contribution in [3.63, 3.8) is 0 Å². The van der Waals surface area contributed by atoms with Crippen molar-refractivity contribution in [2.24, 2.45) is 5.73 Å². The van der Waals surface area contributed by atoms with Gasteiger partial charge in [-0.05, 0) is 12.1 Å². The number of carbonyl (C=O) groups is 1. The number of fused-ring (bicyclic) bond motifs is 1. The van der Waals surface area contributed by atoms with Crippen molar-refractivity contribution in [2.75, 3.05) is 4.90 Å². The largest absolute Gasteiger partial charge is 0.316 e. The molecule has 3 rings (SSSR count). The highest BCUT2D eigenvalue weighted by Gasteiger charge is 2.37. The van der Waals surface area contributed by atoms with Crippen molar-refractivity contribution in [3.8, 4) is 6.07 Å². The molecule has 2 aromatic rings. The van der Waals surface area contributed by atoms with E-state index >= 15 is 0 Å². The smallest absolute Gasteiger partial charge is 0.249 e. The van der Waals surface area contributed by atoms with Gasteiger partial charge in [0.1, 0.15) is 23.7 Å². The summed E-state index contributed by atoms with van der Waals surface area (Å²) < 4.78 is 27.2. The summed E-state index contributed by atoms with van der Waals surface area (Å²) in [5, 5.41) is 10.4. The van der Waals surface area contributed by atoms with Gasteiger partial charge in [0.15, 0.2) is 0 Å². The molecule has 0 bridgehead atoms. The van der Waals surface area contributed by atoms with Gasteiger partial charge in [0.2, 0.25) is 5.91 Å². The number of halogens is 2. The van der Waals surface area contributed by atoms with E-state index in [9.17, 15) is 13.6 Å². The van der Waals surface area contributed by atoms with Crippen LogP contribution in [0, 0.1) is 23.0 Å². The molecule has 4 nitrogen and oxygen atoms in total. The molecule has 1 amide bonds. The first-order chi connectivity index (χ1) is 10.0. The first-order valence-corrected chi connectivity index (χ1v) is 6.92. The minimum Gasteiger partial charge on any atom is -0.316 e. The van der Waals surface area contributed by atoms with Crippen LogP contribution in [-0.4, -0.2) is 5.91 Å². The minimum absolute atomic E-state index is 0.0125. The Kier molecular flexibility index (Phi) is 3.20. The second-order valence-electron chi connectivity index (χ2n) is 4.64. The summed E-state index contributed by atoms with van der Waals surface area (Å²) in [6.45, 7) is 0.134. The summed E-state index contributed by atoms with van der Waals surface area (Å²) in [5.74, 6) is -2.07. The van der Waals surface area contributed by atoms with Gasteiger partial charge < -0.3 is 10.6 Å². The number of hydrogen-bond acceptors (Lipinski definition) is 4. The van der Waals surface area contributed by atoms with Crippen LogP contribution in [0.2, 0.25) is 0 Å². The highest BCUT2D eigenvalue weighted by Crippen LogP contribution is 2.38. The van der Waals surface area contributed by atoms with E-state index in [0.29, 0.717) is 11.6 Å². The van der Waals surface area contributed by atoms with Gasteiger partial charge in [0.25, 0.3) is 0 Å². The summed E-state index contributed by atoms with van der Waals surface area (Å²) in [5.41, 5.74) is 6.36. The second-order valence-corrected chi connectivity index (χ2v) is 5.63. The summed E-state index contributed by atoms with van der Waals surface area (Å²) in [7, 11) is 0. The van der Waals surface area contributed by atoms with Crippen LogP contribution in [-0.2, 0) is 11.3 Å². The number of nitrogens with zero attached hydrogens (tertiary/aromatic N) is 2. The fourth-order valence-corrected chi connectivity index (χ4v) is 3.15. The molecule has 1 aromatic carbocycles. The van der Waals surface area contributed by atoms with E-state index in [1.807, 2.05) is 6.07 Å². The van der Waals surface area contributed by atoms with Crippen molar-refractivity contribution in [3.05, 3.63) is 51.2 Å². The lowest BCUT2D eigenvalue weighted by Gasteiger charge is -2.16. The molecule has 0 radical (unpaired) electrons. The van der Waals surface area contributed by atoms with Crippen LogP contribution in [0.15, 0.2) is 23.6 Å². The number of nitriles is 1. The Balaban J connectivity index is 2.01. The first kappa shape index (κ1) is 13.7. The zero-order chi connectivity index (χ0) is 15.1. The van der Waals surface area contributed by atoms with E-state index < -0.39 is 23.6 Å². The lowest BCUT2D eigenvalue weighted by atomic mass is 10.1. The van der Waals surface area contributed by atoms with Gasteiger partial charge in [0, 0.05) is 21.9 Å². The SMILES string of the molecule is N#Cc1csc(CN2C(=O)C(N)c3c(F)cc(F)cc32)c1. The highest BCUT2D eigenvalue weighted by atomic mass is 32.1. The number of hydrogen-bond donors (Lipinski definition) is 1. The topological polar surface area (TPSA) is 70.1 Å². The van der Waals surface area contributed by atoms with Crippen molar-refractivity contribution >= 4 is 22.9 Å². The zero-order valence-corrected chi connectivity index (χ0v) is 11.5. The molecule has 1 aromatic heterocycles. The predicted octanol–water partition coefficient (Wildman–Crippen LogP) is 2.44. The van der Waals surface area contributed by atoms with Crippen LogP contribution < -0.4 is 10.6 Å². The lowest BCUT2D eigenvalue weighted by Crippen LogP contribution is -2.31. The molecule has 0 aliphatic carbocycles. The number of benzene rings is 1. The van der Waals surface area contributed by atoms with Crippen molar-refractivity contribution in [1.82, 2.24) is 0 Å². The van der Waals surface area contributed by atoms with Crippen LogP contribution >= 0.6 is 11.3 Å². The van der Waals surface area contributed by atoms with E-state index in [0.717, 1.165) is 10.9 Å². The number of nitrogens with two attached hydrogens (primary N) is 1. The Morgan fingerprint density at radius 3 is 2.81 bits per heavy atom. The van der Waals surface area contributed by atoms with E-state index in [4.69, 9.17) is 11.0 Å². The molecular formula is C14H9F2N3OS. The van der Waals surface area contributed by atoms with Crippen LogP contribution in [0.5, 0.6) is 0 Å². The maximum atomic E-state index is 13.8. The molecule has 2 heterocycles. The number of carbonyl (C=O) groups excluding carboxylic acids is 1. The van der Waals surface area contributed by atoms with Crippen molar-refractivity contribution < 1.29 is 13.6 Å². The maximum Gasteiger partial charge on any atom is 0.249 e. The van der Waals surface area contributed by atoms with E-state index in [2.05, 4.69) is 0 Å². The fraction of sp³-hybridized carbons (Fsp3) is 0.143. The number of thiophene rings is 1. The third kappa shape index (κ3) is 2.18. The maximum absolute atomic E-state index is 13.8. The number of anilines is 1. The molecular weight excluding hydrogens is 296 g/mol. The lowest BCUT2D eigenvalue weighted by molar-refractivity contribution is -0.119. The van der Waals surface area contributed by atoms with Gasteiger partial charge in [-0.2, -0.15) is 5.26 Å². The van der Waals surface area contributed by atoms with Gasteiger partial charge in [-0.3, -0.25) is 4.79 Å². The highest BCUT2D eigenvalue weighted by molar-refractivity contribution is 7.10. The fourth-order valence-electron chi connectivity index (χ4n) is 2.35. The van der Waals surface area contributed by atoms with Gasteiger partial charge in [-0.25, -0.2) is 8.78 Å². The summed E-state index contributed by atoms with van der Waals surface area (Å²) in [4.78, 5) is 14.1. The quantitative estimate of drug-likeness (QED) is 0.926. The normalized spacial score (nSPS) is 17.0. The Morgan fingerprint density at radius 2 is 2.14 bits per heavy atom. The predicted molar refractivity (Wildman–Crippen MR) is 73.5 cm³/mol. The molecule has 2 N–H and O–H groups in total. The second kappa shape index (κ2) is 4.91. The third-order valence-corrected chi connectivity index (χ3v) is 4.22.